The molecular weight excluding hydrogens is 278 g/mol. The lowest BCUT2D eigenvalue weighted by Gasteiger charge is -2.17. The van der Waals surface area contributed by atoms with Gasteiger partial charge in [-0.15, -0.1) is 0 Å². The molecule has 0 aromatic carbocycles. The zero-order chi connectivity index (χ0) is 12.7. The molecule has 1 N–H and O–H groups in total. The first kappa shape index (κ1) is 14.7. The number of nitrogens with zero attached hydrogens (tertiary/aromatic N) is 2. The van der Waals surface area contributed by atoms with E-state index in [2.05, 4.69) is 33.3 Å². The summed E-state index contributed by atoms with van der Waals surface area (Å²) in [5.41, 5.74) is 1.25. The molecule has 1 rings (SSSR count). The fourth-order valence-corrected chi connectivity index (χ4v) is 2.81. The Morgan fingerprint density at radius 3 is 2.59 bits per heavy atom. The molecule has 1 heterocycles. The van der Waals surface area contributed by atoms with Gasteiger partial charge >= 0.3 is 0 Å². The van der Waals surface area contributed by atoms with Crippen molar-refractivity contribution in [2.75, 3.05) is 7.05 Å². The average Bonchev–Trinajstić information content (AvgIpc) is 2.65. The molecule has 1 aromatic heterocycles. The Balaban J connectivity index is 2.43. The number of halogens is 1. The van der Waals surface area contributed by atoms with E-state index in [0.29, 0.717) is 6.04 Å². The quantitative estimate of drug-likeness (QED) is 0.740. The summed E-state index contributed by atoms with van der Waals surface area (Å²) in [6.07, 6.45) is 9.70. The van der Waals surface area contributed by atoms with Gasteiger partial charge in [0.15, 0.2) is 0 Å². The first-order valence-electron chi connectivity index (χ1n) is 6.55. The maximum Gasteiger partial charge on any atom is 0.0692 e. The van der Waals surface area contributed by atoms with Crippen LogP contribution in [0, 0.1) is 0 Å². The highest BCUT2D eigenvalue weighted by Gasteiger charge is 2.16. The van der Waals surface area contributed by atoms with Crippen molar-refractivity contribution >= 4 is 15.9 Å². The molecule has 0 amide bonds. The van der Waals surface area contributed by atoms with Crippen LogP contribution < -0.4 is 5.32 Å². The molecule has 0 bridgehead atoms. The van der Waals surface area contributed by atoms with Crippen molar-refractivity contribution in [3.05, 3.63) is 16.4 Å². The average molecular weight is 302 g/mol. The minimum atomic E-state index is 0.401. The second-order valence-corrected chi connectivity index (χ2v) is 5.40. The van der Waals surface area contributed by atoms with Crippen LogP contribution in [0.15, 0.2) is 10.7 Å². The summed E-state index contributed by atoms with van der Waals surface area (Å²) in [5.74, 6) is 0. The fraction of sp³-hybridized carbons (Fsp3) is 0.769. The molecule has 0 aliphatic carbocycles. The van der Waals surface area contributed by atoms with Crippen LogP contribution in [-0.2, 0) is 7.05 Å². The second kappa shape index (κ2) is 7.88. The third-order valence-electron chi connectivity index (χ3n) is 3.21. The Morgan fingerprint density at radius 2 is 2.06 bits per heavy atom. The van der Waals surface area contributed by atoms with Gasteiger partial charge in [0.25, 0.3) is 0 Å². The van der Waals surface area contributed by atoms with Gasteiger partial charge in [-0.25, -0.2) is 0 Å². The zero-order valence-electron chi connectivity index (χ0n) is 11.2. The van der Waals surface area contributed by atoms with Crippen LogP contribution in [-0.4, -0.2) is 16.8 Å². The van der Waals surface area contributed by atoms with Crippen molar-refractivity contribution in [3.63, 3.8) is 0 Å². The van der Waals surface area contributed by atoms with Gasteiger partial charge in [-0.1, -0.05) is 39.0 Å². The lowest BCUT2D eigenvalue weighted by Crippen LogP contribution is -2.19. The second-order valence-electron chi connectivity index (χ2n) is 4.55. The fourth-order valence-electron chi connectivity index (χ4n) is 2.18. The molecule has 98 valence electrons. The van der Waals surface area contributed by atoms with Crippen LogP contribution in [0.25, 0.3) is 0 Å². The molecule has 0 fully saturated rings. The predicted molar refractivity (Wildman–Crippen MR) is 76.1 cm³/mol. The van der Waals surface area contributed by atoms with Crippen molar-refractivity contribution in [2.45, 2.75) is 51.5 Å². The molecule has 1 atom stereocenters. The first-order valence-corrected chi connectivity index (χ1v) is 7.34. The smallest absolute Gasteiger partial charge is 0.0692 e. The van der Waals surface area contributed by atoms with Crippen LogP contribution in [0.1, 0.15) is 57.2 Å². The summed E-state index contributed by atoms with van der Waals surface area (Å²) in [4.78, 5) is 0. The summed E-state index contributed by atoms with van der Waals surface area (Å²) >= 11 is 3.57. The molecule has 0 aliphatic rings. The number of hydrogen-bond acceptors (Lipinski definition) is 2. The minimum absolute atomic E-state index is 0.401. The van der Waals surface area contributed by atoms with Gasteiger partial charge in [0.2, 0.25) is 0 Å². The normalized spacial score (nSPS) is 12.9. The van der Waals surface area contributed by atoms with Crippen molar-refractivity contribution in [1.29, 1.82) is 0 Å². The molecule has 0 radical (unpaired) electrons. The Hall–Kier alpha value is -0.350. The maximum absolute atomic E-state index is 4.27. The summed E-state index contributed by atoms with van der Waals surface area (Å²) in [7, 11) is 4.03. The van der Waals surface area contributed by atoms with Crippen molar-refractivity contribution < 1.29 is 0 Å². The number of aromatic nitrogens is 2. The zero-order valence-corrected chi connectivity index (χ0v) is 12.8. The van der Waals surface area contributed by atoms with Crippen molar-refractivity contribution in [2.24, 2.45) is 7.05 Å². The van der Waals surface area contributed by atoms with Crippen molar-refractivity contribution in [3.8, 4) is 0 Å². The Bertz CT molecular complexity index is 303. The molecule has 0 aliphatic heterocycles. The SMILES string of the molecule is CCCCCCCC(NC)c1c(Br)cnn1C. The maximum atomic E-state index is 4.27. The lowest BCUT2D eigenvalue weighted by molar-refractivity contribution is 0.472. The minimum Gasteiger partial charge on any atom is -0.312 e. The lowest BCUT2D eigenvalue weighted by atomic mass is 10.0. The van der Waals surface area contributed by atoms with E-state index in [4.69, 9.17) is 0 Å². The molecule has 3 nitrogen and oxygen atoms in total. The standard InChI is InChI=1S/C13H24BrN3/c1-4-5-6-7-8-9-12(15-2)13-11(14)10-16-17(13)3/h10,12,15H,4-9H2,1-3H3. The van der Waals surface area contributed by atoms with Gasteiger partial charge in [-0.05, 0) is 29.4 Å². The number of aryl methyl sites for hydroxylation is 1. The Morgan fingerprint density at radius 1 is 1.35 bits per heavy atom. The number of rotatable bonds is 8. The van der Waals surface area contributed by atoms with E-state index in [0.717, 1.165) is 4.47 Å². The summed E-state index contributed by atoms with van der Waals surface area (Å²) in [5, 5.41) is 7.66. The molecular formula is C13H24BrN3. The molecule has 1 unspecified atom stereocenters. The van der Waals surface area contributed by atoms with Crippen LogP contribution >= 0.6 is 15.9 Å². The molecule has 0 spiro atoms. The van der Waals surface area contributed by atoms with E-state index < -0.39 is 0 Å². The van der Waals surface area contributed by atoms with E-state index in [1.165, 1.54) is 44.2 Å². The van der Waals surface area contributed by atoms with Crippen LogP contribution in [0.2, 0.25) is 0 Å². The van der Waals surface area contributed by atoms with E-state index in [9.17, 15) is 0 Å². The Labute approximate surface area is 113 Å². The van der Waals surface area contributed by atoms with Crippen LogP contribution in [0.5, 0.6) is 0 Å². The van der Waals surface area contributed by atoms with Gasteiger partial charge in [0.1, 0.15) is 0 Å². The van der Waals surface area contributed by atoms with Gasteiger partial charge in [0.05, 0.1) is 22.4 Å². The Kier molecular flexibility index (Phi) is 6.82. The highest BCUT2D eigenvalue weighted by molar-refractivity contribution is 9.10. The van der Waals surface area contributed by atoms with Crippen LogP contribution in [0.3, 0.4) is 0 Å². The highest BCUT2D eigenvalue weighted by Crippen LogP contribution is 2.26. The third-order valence-corrected chi connectivity index (χ3v) is 3.82. The monoisotopic (exact) mass is 301 g/mol. The molecule has 4 heteroatoms. The number of hydrogen-bond donors (Lipinski definition) is 1. The van der Waals surface area contributed by atoms with Gasteiger partial charge in [-0.2, -0.15) is 5.10 Å². The van der Waals surface area contributed by atoms with Gasteiger partial charge < -0.3 is 5.32 Å². The highest BCUT2D eigenvalue weighted by atomic mass is 79.9. The van der Waals surface area contributed by atoms with E-state index in [1.807, 2.05) is 25.0 Å². The molecule has 0 saturated heterocycles. The van der Waals surface area contributed by atoms with E-state index >= 15 is 0 Å². The van der Waals surface area contributed by atoms with E-state index in [1.54, 1.807) is 0 Å². The van der Waals surface area contributed by atoms with E-state index in [-0.39, 0.29) is 0 Å². The van der Waals surface area contributed by atoms with Gasteiger partial charge in [0, 0.05) is 7.05 Å². The predicted octanol–water partition coefficient (Wildman–Crippen LogP) is 3.80. The topological polar surface area (TPSA) is 29.9 Å². The molecule has 1 aromatic rings. The molecule has 17 heavy (non-hydrogen) atoms. The van der Waals surface area contributed by atoms with Crippen molar-refractivity contribution in [1.82, 2.24) is 15.1 Å². The third kappa shape index (κ3) is 4.43. The summed E-state index contributed by atoms with van der Waals surface area (Å²) < 4.78 is 3.06. The van der Waals surface area contributed by atoms with Gasteiger partial charge in [-0.3, -0.25) is 4.68 Å². The number of unbranched alkanes of at least 4 members (excludes halogenated alkanes) is 4. The molecule has 0 saturated carbocycles. The number of nitrogens with one attached hydrogen (secondary N) is 1. The van der Waals surface area contributed by atoms with Crippen LogP contribution in [0.4, 0.5) is 0 Å². The summed E-state index contributed by atoms with van der Waals surface area (Å²) in [6, 6.07) is 0.401. The largest absolute Gasteiger partial charge is 0.312 e. The first-order chi connectivity index (χ1) is 8.20. The summed E-state index contributed by atoms with van der Waals surface area (Å²) in [6.45, 7) is 2.25.